The number of aliphatic hydroxyl groups is 1. The zero-order valence-corrected chi connectivity index (χ0v) is 12.9. The molecule has 4 heteroatoms. The summed E-state index contributed by atoms with van der Waals surface area (Å²) < 4.78 is 24.6. The molecule has 0 fully saturated rings. The van der Waals surface area contributed by atoms with Crippen molar-refractivity contribution in [3.8, 4) is 0 Å². The van der Waals surface area contributed by atoms with Gasteiger partial charge in [0.2, 0.25) is 0 Å². The van der Waals surface area contributed by atoms with Crippen molar-refractivity contribution in [1.82, 2.24) is 0 Å². The Balaban J connectivity index is 3.37. The van der Waals surface area contributed by atoms with Gasteiger partial charge in [0.1, 0.15) is 0 Å². The molecule has 19 heavy (non-hydrogen) atoms. The van der Waals surface area contributed by atoms with E-state index in [0.29, 0.717) is 11.3 Å². The molecule has 0 heterocycles. The van der Waals surface area contributed by atoms with Crippen molar-refractivity contribution in [2.75, 3.05) is 5.75 Å². The first-order valence-electron chi connectivity index (χ1n) is 6.81. The number of benzene rings is 1. The van der Waals surface area contributed by atoms with Gasteiger partial charge in [0.05, 0.1) is 16.8 Å². The van der Waals surface area contributed by atoms with Crippen molar-refractivity contribution in [1.29, 1.82) is 0 Å². The van der Waals surface area contributed by atoms with Crippen LogP contribution in [0, 0.1) is 5.92 Å². The van der Waals surface area contributed by atoms with Gasteiger partial charge in [0.25, 0.3) is 0 Å². The van der Waals surface area contributed by atoms with Gasteiger partial charge in [-0.2, -0.15) is 0 Å². The summed E-state index contributed by atoms with van der Waals surface area (Å²) >= 11 is 0. The lowest BCUT2D eigenvalue weighted by atomic mass is 9.84. The summed E-state index contributed by atoms with van der Waals surface area (Å²) in [5, 5.41) is 9.96. The molecule has 0 bridgehead atoms. The molecule has 0 saturated carbocycles. The van der Waals surface area contributed by atoms with Crippen LogP contribution < -0.4 is 0 Å². The second-order valence-corrected chi connectivity index (χ2v) is 7.44. The Hall–Kier alpha value is -0.870. The first-order valence-corrected chi connectivity index (χ1v) is 8.46. The van der Waals surface area contributed by atoms with Crippen LogP contribution in [0.3, 0.4) is 0 Å². The van der Waals surface area contributed by atoms with Gasteiger partial charge >= 0.3 is 0 Å². The second kappa shape index (κ2) is 6.53. The molecule has 0 aliphatic heterocycles. The van der Waals surface area contributed by atoms with Gasteiger partial charge in [0.15, 0.2) is 9.84 Å². The predicted molar refractivity (Wildman–Crippen MR) is 78.0 cm³/mol. The normalized spacial score (nSPS) is 15.5. The summed E-state index contributed by atoms with van der Waals surface area (Å²) in [6, 6.07) is 7.04. The van der Waals surface area contributed by atoms with E-state index >= 15 is 0 Å². The Labute approximate surface area is 116 Å². The summed E-state index contributed by atoms with van der Waals surface area (Å²) in [6.07, 6.45) is 0.0236. The van der Waals surface area contributed by atoms with E-state index in [0.717, 1.165) is 5.56 Å². The fourth-order valence-corrected chi connectivity index (χ4v) is 4.20. The summed E-state index contributed by atoms with van der Waals surface area (Å²) in [5.74, 6) is 0.162. The van der Waals surface area contributed by atoms with Crippen LogP contribution in [0.25, 0.3) is 0 Å². The minimum Gasteiger partial charge on any atom is -0.393 e. The van der Waals surface area contributed by atoms with Crippen LogP contribution in [0.15, 0.2) is 29.2 Å². The van der Waals surface area contributed by atoms with E-state index in [2.05, 4.69) is 0 Å². The van der Waals surface area contributed by atoms with Crippen LogP contribution >= 0.6 is 0 Å². The van der Waals surface area contributed by atoms with E-state index in [1.54, 1.807) is 19.1 Å². The molecule has 0 spiro atoms. The van der Waals surface area contributed by atoms with E-state index in [9.17, 15) is 13.5 Å². The van der Waals surface area contributed by atoms with Crippen LogP contribution in [0.4, 0.5) is 0 Å². The van der Waals surface area contributed by atoms with E-state index < -0.39 is 15.9 Å². The van der Waals surface area contributed by atoms with Gasteiger partial charge in [-0.05, 0) is 30.9 Å². The number of aliphatic hydroxyl groups excluding tert-OH is 1. The van der Waals surface area contributed by atoms with Gasteiger partial charge in [0, 0.05) is 5.92 Å². The Morgan fingerprint density at radius 1 is 1.16 bits per heavy atom. The maximum atomic E-state index is 12.3. The molecule has 0 aliphatic carbocycles. The molecule has 2 atom stereocenters. The minimum atomic E-state index is -3.26. The van der Waals surface area contributed by atoms with E-state index in [-0.39, 0.29) is 17.6 Å². The summed E-state index contributed by atoms with van der Waals surface area (Å²) in [6.45, 7) is 7.57. The molecule has 0 aromatic heterocycles. The molecule has 1 rings (SSSR count). The van der Waals surface area contributed by atoms with Crippen molar-refractivity contribution in [3.05, 3.63) is 29.8 Å². The number of rotatable bonds is 6. The van der Waals surface area contributed by atoms with Crippen LogP contribution in [0.2, 0.25) is 0 Å². The highest BCUT2D eigenvalue weighted by molar-refractivity contribution is 7.91. The molecule has 0 amide bonds. The third-order valence-electron chi connectivity index (χ3n) is 3.32. The third kappa shape index (κ3) is 3.80. The highest BCUT2D eigenvalue weighted by Crippen LogP contribution is 2.33. The van der Waals surface area contributed by atoms with Crippen molar-refractivity contribution in [3.63, 3.8) is 0 Å². The molecular formula is C15H24O3S. The monoisotopic (exact) mass is 284 g/mol. The van der Waals surface area contributed by atoms with Crippen LogP contribution in [0.5, 0.6) is 0 Å². The Morgan fingerprint density at radius 2 is 1.74 bits per heavy atom. The van der Waals surface area contributed by atoms with Gasteiger partial charge in [-0.15, -0.1) is 0 Å². The second-order valence-electron chi connectivity index (χ2n) is 5.37. The minimum absolute atomic E-state index is 0.147. The Kier molecular flexibility index (Phi) is 5.56. The molecule has 1 N–H and O–H groups in total. The third-order valence-corrected chi connectivity index (χ3v) is 5.31. The first kappa shape index (κ1) is 16.2. The Morgan fingerprint density at radius 3 is 2.21 bits per heavy atom. The first-order chi connectivity index (χ1) is 8.81. The van der Waals surface area contributed by atoms with Gasteiger partial charge in [-0.1, -0.05) is 39.0 Å². The quantitative estimate of drug-likeness (QED) is 0.873. The maximum Gasteiger partial charge on any atom is 0.178 e. The van der Waals surface area contributed by atoms with Crippen molar-refractivity contribution >= 4 is 9.84 Å². The number of sulfone groups is 1. The fourth-order valence-electron chi connectivity index (χ4n) is 2.59. The van der Waals surface area contributed by atoms with E-state index in [1.807, 2.05) is 32.9 Å². The SMILES string of the molecule is CCCS(=O)(=O)c1ccccc1C(C(C)C)C(C)O. The lowest BCUT2D eigenvalue weighted by Crippen LogP contribution is -2.23. The van der Waals surface area contributed by atoms with Crippen LogP contribution in [-0.2, 0) is 9.84 Å². The smallest absolute Gasteiger partial charge is 0.178 e. The average molecular weight is 284 g/mol. The van der Waals surface area contributed by atoms with Gasteiger partial charge in [-0.3, -0.25) is 0 Å². The standard InChI is InChI=1S/C15H24O3S/c1-5-10-19(17,18)14-9-7-6-8-13(14)15(11(2)3)12(4)16/h6-9,11-12,15-16H,5,10H2,1-4H3. The zero-order chi connectivity index (χ0) is 14.6. The van der Waals surface area contributed by atoms with Crippen molar-refractivity contribution < 1.29 is 13.5 Å². The van der Waals surface area contributed by atoms with Crippen LogP contribution in [0.1, 0.15) is 45.6 Å². The molecule has 108 valence electrons. The lowest BCUT2D eigenvalue weighted by Gasteiger charge is -2.26. The highest BCUT2D eigenvalue weighted by Gasteiger charge is 2.27. The van der Waals surface area contributed by atoms with E-state index in [4.69, 9.17) is 0 Å². The zero-order valence-electron chi connectivity index (χ0n) is 12.1. The molecular weight excluding hydrogens is 260 g/mol. The molecule has 0 aliphatic rings. The molecule has 0 radical (unpaired) electrons. The summed E-state index contributed by atoms with van der Waals surface area (Å²) in [4.78, 5) is 0.372. The molecule has 0 saturated heterocycles. The molecule has 3 nitrogen and oxygen atoms in total. The van der Waals surface area contributed by atoms with Crippen molar-refractivity contribution in [2.45, 2.75) is 51.0 Å². The summed E-state index contributed by atoms with van der Waals surface area (Å²) in [5.41, 5.74) is 0.737. The molecule has 2 unspecified atom stereocenters. The van der Waals surface area contributed by atoms with Crippen LogP contribution in [-0.4, -0.2) is 25.4 Å². The number of hydrogen-bond donors (Lipinski definition) is 1. The Bertz CT molecular complexity index is 496. The average Bonchev–Trinajstić information content (AvgIpc) is 2.28. The largest absolute Gasteiger partial charge is 0.393 e. The molecule has 1 aromatic carbocycles. The fraction of sp³-hybridized carbons (Fsp3) is 0.600. The molecule has 1 aromatic rings. The summed E-state index contributed by atoms with van der Waals surface area (Å²) in [7, 11) is -3.26. The topological polar surface area (TPSA) is 54.4 Å². The lowest BCUT2D eigenvalue weighted by molar-refractivity contribution is 0.139. The van der Waals surface area contributed by atoms with Gasteiger partial charge < -0.3 is 5.11 Å². The maximum absolute atomic E-state index is 12.3. The van der Waals surface area contributed by atoms with Gasteiger partial charge in [-0.25, -0.2) is 8.42 Å². The highest BCUT2D eigenvalue weighted by atomic mass is 32.2. The number of hydrogen-bond acceptors (Lipinski definition) is 3. The van der Waals surface area contributed by atoms with Crippen molar-refractivity contribution in [2.24, 2.45) is 5.92 Å². The predicted octanol–water partition coefficient (Wildman–Crippen LogP) is 2.99. The van der Waals surface area contributed by atoms with E-state index in [1.165, 1.54) is 0 Å².